The average molecular weight is 301 g/mol. The van der Waals surface area contributed by atoms with E-state index in [0.717, 1.165) is 17.4 Å². The van der Waals surface area contributed by atoms with Crippen LogP contribution in [0.1, 0.15) is 13.3 Å². The molecule has 2 heterocycles. The van der Waals surface area contributed by atoms with Crippen LogP contribution in [-0.2, 0) is 0 Å². The van der Waals surface area contributed by atoms with Gasteiger partial charge in [-0.1, -0.05) is 0 Å². The Morgan fingerprint density at radius 3 is 3.00 bits per heavy atom. The Kier molecular flexibility index (Phi) is 3.83. The number of rotatable bonds is 3. The molecule has 0 spiro atoms. The highest BCUT2D eigenvalue weighted by molar-refractivity contribution is 9.10. The van der Waals surface area contributed by atoms with Crippen LogP contribution in [0.15, 0.2) is 10.7 Å². The molecule has 2 rings (SSSR count). The first kappa shape index (κ1) is 12.6. The molecule has 0 bridgehead atoms. The molecular formula is C11H17BrN4O. The molecule has 0 amide bonds. The van der Waals surface area contributed by atoms with Crippen LogP contribution in [0.2, 0.25) is 0 Å². The zero-order valence-corrected chi connectivity index (χ0v) is 11.6. The van der Waals surface area contributed by atoms with E-state index in [1.54, 1.807) is 13.3 Å². The van der Waals surface area contributed by atoms with Gasteiger partial charge in [-0.3, -0.25) is 0 Å². The second-order valence-electron chi connectivity index (χ2n) is 4.37. The SMILES string of the molecule is COc1nc(N2CC(CN)CC2C)ncc1Br. The lowest BCUT2D eigenvalue weighted by atomic mass is 10.1. The lowest BCUT2D eigenvalue weighted by Gasteiger charge is -2.21. The van der Waals surface area contributed by atoms with Crippen LogP contribution in [0.25, 0.3) is 0 Å². The van der Waals surface area contributed by atoms with E-state index in [2.05, 4.69) is 37.7 Å². The van der Waals surface area contributed by atoms with Crippen molar-refractivity contribution >= 4 is 21.9 Å². The van der Waals surface area contributed by atoms with Gasteiger partial charge in [-0.2, -0.15) is 4.98 Å². The summed E-state index contributed by atoms with van der Waals surface area (Å²) in [5.41, 5.74) is 5.72. The molecule has 0 radical (unpaired) electrons. The Hall–Kier alpha value is -0.880. The summed E-state index contributed by atoms with van der Waals surface area (Å²) in [6.07, 6.45) is 2.82. The molecule has 94 valence electrons. The normalized spacial score (nSPS) is 24.1. The minimum absolute atomic E-state index is 0.425. The number of hydrogen-bond donors (Lipinski definition) is 1. The summed E-state index contributed by atoms with van der Waals surface area (Å²) in [5.74, 6) is 1.81. The summed E-state index contributed by atoms with van der Waals surface area (Å²) in [6, 6.07) is 0.425. The molecule has 1 aromatic heterocycles. The second-order valence-corrected chi connectivity index (χ2v) is 5.22. The van der Waals surface area contributed by atoms with Crippen molar-refractivity contribution in [1.82, 2.24) is 9.97 Å². The summed E-state index contributed by atoms with van der Waals surface area (Å²) in [7, 11) is 1.60. The third-order valence-electron chi connectivity index (χ3n) is 3.14. The van der Waals surface area contributed by atoms with Crippen LogP contribution >= 0.6 is 15.9 Å². The molecule has 17 heavy (non-hydrogen) atoms. The van der Waals surface area contributed by atoms with Crippen LogP contribution < -0.4 is 15.4 Å². The van der Waals surface area contributed by atoms with Gasteiger partial charge < -0.3 is 15.4 Å². The molecular weight excluding hydrogens is 284 g/mol. The molecule has 2 atom stereocenters. The smallest absolute Gasteiger partial charge is 0.232 e. The van der Waals surface area contributed by atoms with E-state index in [0.29, 0.717) is 30.3 Å². The van der Waals surface area contributed by atoms with Crippen molar-refractivity contribution in [1.29, 1.82) is 0 Å². The molecule has 2 N–H and O–H groups in total. The highest BCUT2D eigenvalue weighted by Crippen LogP contribution is 2.29. The lowest BCUT2D eigenvalue weighted by Crippen LogP contribution is -2.29. The van der Waals surface area contributed by atoms with Crippen LogP contribution in [0, 0.1) is 5.92 Å². The Morgan fingerprint density at radius 2 is 2.41 bits per heavy atom. The Labute approximate surface area is 110 Å². The maximum absolute atomic E-state index is 5.72. The van der Waals surface area contributed by atoms with E-state index in [1.165, 1.54) is 0 Å². The van der Waals surface area contributed by atoms with E-state index in [4.69, 9.17) is 10.5 Å². The number of ether oxygens (including phenoxy) is 1. The maximum Gasteiger partial charge on any atom is 0.232 e. The summed E-state index contributed by atoms with van der Waals surface area (Å²) >= 11 is 3.35. The fourth-order valence-corrected chi connectivity index (χ4v) is 2.57. The molecule has 6 heteroatoms. The van der Waals surface area contributed by atoms with E-state index in [1.807, 2.05) is 0 Å². The van der Waals surface area contributed by atoms with Gasteiger partial charge in [0, 0.05) is 12.6 Å². The Bertz CT molecular complexity index is 401. The number of aromatic nitrogens is 2. The molecule has 0 aromatic carbocycles. The first-order chi connectivity index (χ1) is 8.15. The molecule has 1 aromatic rings. The Balaban J connectivity index is 2.22. The lowest BCUT2D eigenvalue weighted by molar-refractivity contribution is 0.393. The van der Waals surface area contributed by atoms with Crippen molar-refractivity contribution in [2.24, 2.45) is 11.7 Å². The van der Waals surface area contributed by atoms with Crippen LogP contribution in [0.4, 0.5) is 5.95 Å². The fourth-order valence-electron chi connectivity index (χ4n) is 2.22. The monoisotopic (exact) mass is 300 g/mol. The molecule has 1 aliphatic rings. The van der Waals surface area contributed by atoms with E-state index < -0.39 is 0 Å². The molecule has 2 unspecified atom stereocenters. The minimum Gasteiger partial charge on any atom is -0.480 e. The molecule has 5 nitrogen and oxygen atoms in total. The van der Waals surface area contributed by atoms with Crippen LogP contribution in [0.5, 0.6) is 5.88 Å². The number of anilines is 1. The van der Waals surface area contributed by atoms with Crippen molar-refractivity contribution in [2.45, 2.75) is 19.4 Å². The van der Waals surface area contributed by atoms with Crippen molar-refractivity contribution in [3.05, 3.63) is 10.7 Å². The molecule has 1 aliphatic heterocycles. The predicted molar refractivity (Wildman–Crippen MR) is 70.3 cm³/mol. The van der Waals surface area contributed by atoms with Crippen molar-refractivity contribution in [3.8, 4) is 5.88 Å². The molecule has 1 fully saturated rings. The van der Waals surface area contributed by atoms with Gasteiger partial charge in [-0.05, 0) is 41.7 Å². The highest BCUT2D eigenvalue weighted by atomic mass is 79.9. The first-order valence-corrected chi connectivity index (χ1v) is 6.48. The maximum atomic E-state index is 5.72. The molecule has 1 saturated heterocycles. The zero-order chi connectivity index (χ0) is 12.4. The van der Waals surface area contributed by atoms with E-state index in [9.17, 15) is 0 Å². The summed E-state index contributed by atoms with van der Waals surface area (Å²) < 4.78 is 5.95. The van der Waals surface area contributed by atoms with Crippen LogP contribution in [0.3, 0.4) is 0 Å². The second kappa shape index (κ2) is 5.18. The third kappa shape index (κ3) is 2.52. The quantitative estimate of drug-likeness (QED) is 0.915. The van der Waals surface area contributed by atoms with Gasteiger partial charge in [-0.25, -0.2) is 4.98 Å². The number of methoxy groups -OCH3 is 1. The summed E-state index contributed by atoms with van der Waals surface area (Å²) in [6.45, 7) is 3.81. The van der Waals surface area contributed by atoms with Gasteiger partial charge >= 0.3 is 0 Å². The predicted octanol–water partition coefficient (Wildman–Crippen LogP) is 1.42. The number of nitrogens with two attached hydrogens (primary N) is 1. The standard InChI is InChI=1S/C11H17BrN4O/c1-7-3-8(4-13)6-16(7)11-14-5-9(12)10(15-11)17-2/h5,7-8H,3-4,6,13H2,1-2H3. The fraction of sp³-hybridized carbons (Fsp3) is 0.636. The average Bonchev–Trinajstić information content (AvgIpc) is 2.71. The van der Waals surface area contributed by atoms with Gasteiger partial charge in [0.2, 0.25) is 11.8 Å². The molecule has 0 saturated carbocycles. The van der Waals surface area contributed by atoms with Crippen molar-refractivity contribution in [2.75, 3.05) is 25.1 Å². The van der Waals surface area contributed by atoms with Gasteiger partial charge in [0.1, 0.15) is 0 Å². The van der Waals surface area contributed by atoms with Crippen molar-refractivity contribution in [3.63, 3.8) is 0 Å². The Morgan fingerprint density at radius 1 is 1.65 bits per heavy atom. The summed E-state index contributed by atoms with van der Waals surface area (Å²) in [5, 5.41) is 0. The van der Waals surface area contributed by atoms with Gasteiger partial charge in [0.25, 0.3) is 0 Å². The van der Waals surface area contributed by atoms with Crippen LogP contribution in [-0.4, -0.2) is 36.2 Å². The first-order valence-electron chi connectivity index (χ1n) is 5.69. The topological polar surface area (TPSA) is 64.3 Å². The van der Waals surface area contributed by atoms with E-state index >= 15 is 0 Å². The van der Waals surface area contributed by atoms with Gasteiger partial charge in [-0.15, -0.1) is 0 Å². The summed E-state index contributed by atoms with van der Waals surface area (Å²) in [4.78, 5) is 10.9. The number of nitrogens with zero attached hydrogens (tertiary/aromatic N) is 3. The number of hydrogen-bond acceptors (Lipinski definition) is 5. The van der Waals surface area contributed by atoms with Gasteiger partial charge in [0.05, 0.1) is 17.8 Å². The highest BCUT2D eigenvalue weighted by Gasteiger charge is 2.30. The molecule has 0 aliphatic carbocycles. The van der Waals surface area contributed by atoms with E-state index in [-0.39, 0.29) is 0 Å². The zero-order valence-electron chi connectivity index (χ0n) is 10.1. The minimum atomic E-state index is 0.425. The largest absolute Gasteiger partial charge is 0.480 e. The van der Waals surface area contributed by atoms with Gasteiger partial charge in [0.15, 0.2) is 0 Å². The number of halogens is 1. The third-order valence-corrected chi connectivity index (χ3v) is 3.69. The van der Waals surface area contributed by atoms with Crippen molar-refractivity contribution < 1.29 is 4.74 Å².